The van der Waals surface area contributed by atoms with E-state index in [1.807, 2.05) is 0 Å². The summed E-state index contributed by atoms with van der Waals surface area (Å²) in [4.78, 5) is 12.1. The molecular formula is C15H27NO2. The van der Waals surface area contributed by atoms with Crippen LogP contribution in [0.1, 0.15) is 64.2 Å². The standard InChI is InChI=1S/C15H27NO2/c17-14-10-6-5-9-13(14)11-16-15(18)12-7-3-1-2-4-8-12/h12-14,17H,1-11H2,(H,16,18). The molecule has 0 bridgehead atoms. The molecule has 0 spiro atoms. The van der Waals surface area contributed by atoms with Crippen molar-refractivity contribution in [1.82, 2.24) is 5.32 Å². The van der Waals surface area contributed by atoms with Crippen molar-refractivity contribution in [3.63, 3.8) is 0 Å². The molecule has 0 heterocycles. The molecule has 2 aliphatic carbocycles. The Morgan fingerprint density at radius 3 is 2.22 bits per heavy atom. The second kappa shape index (κ2) is 7.13. The molecule has 1 amide bonds. The minimum Gasteiger partial charge on any atom is -0.393 e. The van der Waals surface area contributed by atoms with Crippen molar-refractivity contribution in [2.75, 3.05) is 6.54 Å². The van der Waals surface area contributed by atoms with E-state index in [9.17, 15) is 9.90 Å². The molecule has 104 valence electrons. The van der Waals surface area contributed by atoms with E-state index in [1.165, 1.54) is 32.1 Å². The Hall–Kier alpha value is -0.570. The van der Waals surface area contributed by atoms with Crippen molar-refractivity contribution in [2.45, 2.75) is 70.3 Å². The molecule has 2 N–H and O–H groups in total. The molecule has 0 radical (unpaired) electrons. The van der Waals surface area contributed by atoms with Crippen LogP contribution in [0.2, 0.25) is 0 Å². The monoisotopic (exact) mass is 253 g/mol. The predicted molar refractivity (Wildman–Crippen MR) is 72.2 cm³/mol. The average molecular weight is 253 g/mol. The first-order valence-corrected chi connectivity index (χ1v) is 7.73. The van der Waals surface area contributed by atoms with Gasteiger partial charge in [0.15, 0.2) is 0 Å². The maximum atomic E-state index is 12.1. The highest BCUT2D eigenvalue weighted by Crippen LogP contribution is 2.25. The number of hydrogen-bond donors (Lipinski definition) is 2. The highest BCUT2D eigenvalue weighted by atomic mass is 16.3. The van der Waals surface area contributed by atoms with Crippen LogP contribution < -0.4 is 5.32 Å². The highest BCUT2D eigenvalue weighted by Gasteiger charge is 2.25. The van der Waals surface area contributed by atoms with Gasteiger partial charge in [-0.1, -0.05) is 38.5 Å². The van der Waals surface area contributed by atoms with Crippen molar-refractivity contribution < 1.29 is 9.90 Å². The van der Waals surface area contributed by atoms with E-state index in [1.54, 1.807) is 0 Å². The zero-order valence-corrected chi connectivity index (χ0v) is 11.4. The molecule has 2 rings (SSSR count). The lowest BCUT2D eigenvalue weighted by Crippen LogP contribution is -2.39. The van der Waals surface area contributed by atoms with Crippen LogP contribution in [0.4, 0.5) is 0 Å². The van der Waals surface area contributed by atoms with Gasteiger partial charge >= 0.3 is 0 Å². The van der Waals surface area contributed by atoms with Gasteiger partial charge in [0.2, 0.25) is 5.91 Å². The number of nitrogens with one attached hydrogen (secondary N) is 1. The summed E-state index contributed by atoms with van der Waals surface area (Å²) < 4.78 is 0. The van der Waals surface area contributed by atoms with Gasteiger partial charge in [-0.3, -0.25) is 4.79 Å². The molecule has 18 heavy (non-hydrogen) atoms. The van der Waals surface area contributed by atoms with Crippen molar-refractivity contribution in [1.29, 1.82) is 0 Å². The number of aliphatic hydroxyl groups excluding tert-OH is 1. The summed E-state index contributed by atoms with van der Waals surface area (Å²) >= 11 is 0. The van der Waals surface area contributed by atoms with Gasteiger partial charge in [-0.15, -0.1) is 0 Å². The number of aliphatic hydroxyl groups is 1. The van der Waals surface area contributed by atoms with Crippen LogP contribution in [0.5, 0.6) is 0 Å². The summed E-state index contributed by atoms with van der Waals surface area (Å²) in [7, 11) is 0. The van der Waals surface area contributed by atoms with Gasteiger partial charge in [-0.25, -0.2) is 0 Å². The van der Waals surface area contributed by atoms with E-state index < -0.39 is 0 Å². The van der Waals surface area contributed by atoms with E-state index in [0.717, 1.165) is 32.1 Å². The number of hydrogen-bond acceptors (Lipinski definition) is 2. The number of carbonyl (C=O) groups excluding carboxylic acids is 1. The zero-order chi connectivity index (χ0) is 12.8. The highest BCUT2D eigenvalue weighted by molar-refractivity contribution is 5.78. The first-order valence-electron chi connectivity index (χ1n) is 7.73. The zero-order valence-electron chi connectivity index (χ0n) is 11.4. The van der Waals surface area contributed by atoms with Gasteiger partial charge in [-0.05, 0) is 25.7 Å². The Balaban J connectivity index is 1.72. The van der Waals surface area contributed by atoms with E-state index in [4.69, 9.17) is 0 Å². The summed E-state index contributed by atoms with van der Waals surface area (Å²) in [5.74, 6) is 0.747. The van der Waals surface area contributed by atoms with Crippen LogP contribution in [0, 0.1) is 11.8 Å². The molecule has 0 aliphatic heterocycles. The van der Waals surface area contributed by atoms with Crippen LogP contribution in [0.15, 0.2) is 0 Å². The fraction of sp³-hybridized carbons (Fsp3) is 0.933. The third-order valence-electron chi connectivity index (χ3n) is 4.63. The summed E-state index contributed by atoms with van der Waals surface area (Å²) in [6.07, 6.45) is 11.2. The summed E-state index contributed by atoms with van der Waals surface area (Å²) in [5, 5.41) is 13.0. The Morgan fingerprint density at radius 2 is 1.56 bits per heavy atom. The molecule has 0 saturated heterocycles. The topological polar surface area (TPSA) is 49.3 Å². The lowest BCUT2D eigenvalue weighted by Gasteiger charge is -2.28. The molecule has 0 aromatic carbocycles. The maximum absolute atomic E-state index is 12.1. The van der Waals surface area contributed by atoms with Crippen LogP contribution >= 0.6 is 0 Å². The lowest BCUT2D eigenvalue weighted by atomic mass is 9.86. The van der Waals surface area contributed by atoms with Crippen LogP contribution in [0.3, 0.4) is 0 Å². The minimum absolute atomic E-state index is 0.201. The third kappa shape index (κ3) is 3.98. The minimum atomic E-state index is -0.201. The fourth-order valence-corrected chi connectivity index (χ4v) is 3.34. The van der Waals surface area contributed by atoms with Crippen molar-refractivity contribution in [3.05, 3.63) is 0 Å². The van der Waals surface area contributed by atoms with Gasteiger partial charge in [0.1, 0.15) is 0 Å². The smallest absolute Gasteiger partial charge is 0.223 e. The van der Waals surface area contributed by atoms with E-state index in [-0.39, 0.29) is 23.8 Å². The quantitative estimate of drug-likeness (QED) is 0.760. The normalized spacial score (nSPS) is 30.7. The molecule has 2 saturated carbocycles. The summed E-state index contributed by atoms with van der Waals surface area (Å²) in [5.41, 5.74) is 0. The summed E-state index contributed by atoms with van der Waals surface area (Å²) in [6, 6.07) is 0. The van der Waals surface area contributed by atoms with Gasteiger partial charge in [0.25, 0.3) is 0 Å². The SMILES string of the molecule is O=C(NCC1CCCCC1O)C1CCCCCC1. The second-order valence-corrected chi connectivity index (χ2v) is 6.05. The van der Waals surface area contributed by atoms with E-state index in [0.29, 0.717) is 6.54 Å². The molecule has 3 nitrogen and oxygen atoms in total. The van der Waals surface area contributed by atoms with Crippen LogP contribution in [-0.4, -0.2) is 23.7 Å². The van der Waals surface area contributed by atoms with Crippen molar-refractivity contribution in [2.24, 2.45) is 11.8 Å². The number of amides is 1. The van der Waals surface area contributed by atoms with Crippen LogP contribution in [-0.2, 0) is 4.79 Å². The Bertz CT molecular complexity index is 259. The number of rotatable bonds is 3. The van der Waals surface area contributed by atoms with Gasteiger partial charge in [0.05, 0.1) is 6.10 Å². The van der Waals surface area contributed by atoms with Crippen molar-refractivity contribution in [3.8, 4) is 0 Å². The van der Waals surface area contributed by atoms with E-state index in [2.05, 4.69) is 5.32 Å². The van der Waals surface area contributed by atoms with Gasteiger partial charge in [0, 0.05) is 18.4 Å². The molecule has 2 fully saturated rings. The van der Waals surface area contributed by atoms with Gasteiger partial charge < -0.3 is 10.4 Å². The first-order chi connectivity index (χ1) is 8.77. The molecule has 0 aromatic rings. The first kappa shape index (κ1) is 13.9. The predicted octanol–water partition coefficient (Wildman–Crippen LogP) is 2.62. The average Bonchev–Trinajstić information content (AvgIpc) is 2.66. The molecule has 3 heteroatoms. The van der Waals surface area contributed by atoms with E-state index >= 15 is 0 Å². The molecule has 2 unspecified atom stereocenters. The van der Waals surface area contributed by atoms with Crippen LogP contribution in [0.25, 0.3) is 0 Å². The Kier molecular flexibility index (Phi) is 5.48. The summed E-state index contributed by atoms with van der Waals surface area (Å²) in [6.45, 7) is 0.677. The number of carbonyl (C=O) groups is 1. The molecule has 0 aromatic heterocycles. The van der Waals surface area contributed by atoms with Crippen molar-refractivity contribution >= 4 is 5.91 Å². The molecular weight excluding hydrogens is 226 g/mol. The Labute approximate surface area is 110 Å². The third-order valence-corrected chi connectivity index (χ3v) is 4.63. The fourth-order valence-electron chi connectivity index (χ4n) is 3.34. The molecule has 2 atom stereocenters. The second-order valence-electron chi connectivity index (χ2n) is 6.05. The van der Waals surface area contributed by atoms with Gasteiger partial charge in [-0.2, -0.15) is 0 Å². The lowest BCUT2D eigenvalue weighted by molar-refractivity contribution is -0.125. The maximum Gasteiger partial charge on any atom is 0.223 e. The largest absolute Gasteiger partial charge is 0.393 e. The Morgan fingerprint density at radius 1 is 0.944 bits per heavy atom. The molecule has 2 aliphatic rings.